The fourth-order valence-electron chi connectivity index (χ4n) is 5.76. The normalized spacial score (nSPS) is 15.9. The van der Waals surface area contributed by atoms with Crippen LogP contribution in [0.15, 0.2) is 91.4 Å². The molecule has 0 radical (unpaired) electrons. The second-order valence-electron chi connectivity index (χ2n) is 10.2. The van der Waals surface area contributed by atoms with Crippen LogP contribution in [0.3, 0.4) is 0 Å². The fourth-order valence-corrected chi connectivity index (χ4v) is 5.76. The van der Waals surface area contributed by atoms with Crippen molar-refractivity contribution in [2.45, 2.75) is 51.1 Å². The number of hydrogen-bond acceptors (Lipinski definition) is 4. The molecule has 0 amide bonds. The first-order valence-corrected chi connectivity index (χ1v) is 13.4. The van der Waals surface area contributed by atoms with Crippen molar-refractivity contribution in [1.29, 1.82) is 0 Å². The van der Waals surface area contributed by atoms with Gasteiger partial charge < -0.3 is 10.3 Å². The molecular weight excluding hydrogens is 454 g/mol. The van der Waals surface area contributed by atoms with Gasteiger partial charge in [0.1, 0.15) is 5.82 Å². The lowest BCUT2D eigenvalue weighted by Crippen LogP contribution is -2.24. The van der Waals surface area contributed by atoms with Gasteiger partial charge >= 0.3 is 0 Å². The summed E-state index contributed by atoms with van der Waals surface area (Å²) >= 11 is 0. The van der Waals surface area contributed by atoms with Gasteiger partial charge in [-0.15, -0.1) is 0 Å². The molecule has 0 fully saturated rings. The third kappa shape index (κ3) is 5.62. The second-order valence-corrected chi connectivity index (χ2v) is 10.2. The Balaban J connectivity index is 1.19. The van der Waals surface area contributed by atoms with Crippen molar-refractivity contribution in [1.82, 2.24) is 25.3 Å². The average molecular weight is 488 g/mol. The summed E-state index contributed by atoms with van der Waals surface area (Å²) in [7, 11) is 0. The Labute approximate surface area is 218 Å². The molecule has 0 aliphatic heterocycles. The Bertz CT molecular complexity index is 1410. The van der Waals surface area contributed by atoms with Gasteiger partial charge in [-0.25, -0.2) is 4.98 Å². The monoisotopic (exact) mass is 487 g/mol. The number of aromatic amines is 1. The first-order valence-electron chi connectivity index (χ1n) is 13.4. The van der Waals surface area contributed by atoms with Gasteiger partial charge in [0.25, 0.3) is 0 Å². The van der Waals surface area contributed by atoms with E-state index in [0.717, 1.165) is 49.2 Å². The molecule has 2 unspecified atom stereocenters. The van der Waals surface area contributed by atoms with E-state index >= 15 is 0 Å². The summed E-state index contributed by atoms with van der Waals surface area (Å²) in [6.45, 7) is 1.67. The zero-order chi connectivity index (χ0) is 24.9. The van der Waals surface area contributed by atoms with E-state index in [-0.39, 0.29) is 0 Å². The predicted octanol–water partition coefficient (Wildman–Crippen LogP) is 6.16. The molecule has 2 atom stereocenters. The van der Waals surface area contributed by atoms with E-state index in [1.165, 1.54) is 40.8 Å². The topological polar surface area (TPSA) is 66.5 Å². The summed E-state index contributed by atoms with van der Waals surface area (Å²) in [4.78, 5) is 17.6. The highest BCUT2D eigenvalue weighted by Gasteiger charge is 2.30. The number of hydrogen-bond donors (Lipinski definition) is 2. The number of H-pyrrole nitrogens is 1. The standard InChI is InChI=1S/C32H33N5/c1-2-11-30-29(10-1)36-31(37-30)19-27(28-9-3-7-26-8-5-17-35-32(26)28)18-23-12-14-24(15-13-23)20-34-22-25-6-4-16-33-21-25/h1-2,4-6,8,10-17,21,27-28,34H,3,7,9,18-20,22H2,(H,36,37). The number of fused-ring (bicyclic) bond motifs is 2. The molecule has 5 heteroatoms. The Morgan fingerprint density at radius 3 is 2.54 bits per heavy atom. The van der Waals surface area contributed by atoms with Crippen molar-refractivity contribution >= 4 is 11.0 Å². The van der Waals surface area contributed by atoms with Crippen molar-refractivity contribution in [3.8, 4) is 0 Å². The maximum Gasteiger partial charge on any atom is 0.107 e. The van der Waals surface area contributed by atoms with E-state index in [1.54, 1.807) is 0 Å². The van der Waals surface area contributed by atoms with E-state index in [1.807, 2.05) is 24.7 Å². The van der Waals surface area contributed by atoms with Crippen LogP contribution in [-0.2, 0) is 32.4 Å². The van der Waals surface area contributed by atoms with E-state index in [2.05, 4.69) is 82.0 Å². The molecule has 2 aromatic carbocycles. The quantitative estimate of drug-likeness (QED) is 0.261. The number of aryl methyl sites for hydroxylation is 1. The molecule has 5 nitrogen and oxygen atoms in total. The Morgan fingerprint density at radius 2 is 1.68 bits per heavy atom. The first-order chi connectivity index (χ1) is 18.3. The van der Waals surface area contributed by atoms with Gasteiger partial charge in [0, 0.05) is 49.7 Å². The van der Waals surface area contributed by atoms with E-state index < -0.39 is 0 Å². The summed E-state index contributed by atoms with van der Waals surface area (Å²) in [5.41, 5.74) is 8.75. The minimum absolute atomic E-state index is 0.434. The molecule has 0 saturated carbocycles. The summed E-state index contributed by atoms with van der Waals surface area (Å²) in [5, 5.41) is 3.53. The van der Waals surface area contributed by atoms with Gasteiger partial charge in [0.05, 0.1) is 11.0 Å². The number of nitrogens with zero attached hydrogens (tertiary/aromatic N) is 3. The van der Waals surface area contributed by atoms with Gasteiger partial charge in [-0.1, -0.05) is 48.5 Å². The highest BCUT2D eigenvalue weighted by Crippen LogP contribution is 2.38. The number of nitrogens with one attached hydrogen (secondary N) is 2. The fraction of sp³-hybridized carbons (Fsp3) is 0.281. The van der Waals surface area contributed by atoms with Crippen LogP contribution < -0.4 is 5.32 Å². The van der Waals surface area contributed by atoms with Crippen LogP contribution in [-0.4, -0.2) is 19.9 Å². The van der Waals surface area contributed by atoms with Crippen LogP contribution in [0, 0.1) is 5.92 Å². The molecule has 1 aliphatic rings. The highest BCUT2D eigenvalue weighted by atomic mass is 14.9. The summed E-state index contributed by atoms with van der Waals surface area (Å²) in [6, 6.07) is 25.9. The van der Waals surface area contributed by atoms with Crippen LogP contribution in [0.1, 0.15) is 52.5 Å². The SMILES string of the molecule is c1cncc(CNCc2ccc(CC(Cc3nc4ccccc4[nH]3)C3CCCc4cccnc43)cc2)c1. The Morgan fingerprint density at radius 1 is 0.838 bits per heavy atom. The van der Waals surface area contributed by atoms with Gasteiger partial charge in [0.15, 0.2) is 0 Å². The molecule has 0 saturated heterocycles. The van der Waals surface area contributed by atoms with E-state index in [9.17, 15) is 0 Å². The third-order valence-corrected chi connectivity index (χ3v) is 7.60. The predicted molar refractivity (Wildman–Crippen MR) is 148 cm³/mol. The average Bonchev–Trinajstić information content (AvgIpc) is 3.36. The number of benzene rings is 2. The smallest absolute Gasteiger partial charge is 0.107 e. The molecule has 0 spiro atoms. The van der Waals surface area contributed by atoms with E-state index in [0.29, 0.717) is 11.8 Å². The van der Waals surface area contributed by atoms with Crippen molar-refractivity contribution < 1.29 is 0 Å². The molecule has 1 aliphatic carbocycles. The lowest BCUT2D eigenvalue weighted by Gasteiger charge is -2.31. The van der Waals surface area contributed by atoms with Gasteiger partial charge in [-0.2, -0.15) is 0 Å². The molecule has 2 N–H and O–H groups in total. The van der Waals surface area contributed by atoms with Gasteiger partial charge in [-0.3, -0.25) is 9.97 Å². The Kier molecular flexibility index (Phi) is 7.04. The van der Waals surface area contributed by atoms with Crippen LogP contribution in [0.5, 0.6) is 0 Å². The van der Waals surface area contributed by atoms with Gasteiger partial charge in [-0.05, 0) is 78.1 Å². The maximum atomic E-state index is 4.93. The van der Waals surface area contributed by atoms with Crippen LogP contribution in [0.4, 0.5) is 0 Å². The second kappa shape index (κ2) is 11.1. The summed E-state index contributed by atoms with van der Waals surface area (Å²) < 4.78 is 0. The molecule has 3 heterocycles. The summed E-state index contributed by atoms with van der Waals surface area (Å²) in [6.07, 6.45) is 11.2. The first kappa shape index (κ1) is 23.6. The zero-order valence-electron chi connectivity index (χ0n) is 21.1. The molecule has 0 bridgehead atoms. The number of aromatic nitrogens is 4. The maximum absolute atomic E-state index is 4.93. The summed E-state index contributed by atoms with van der Waals surface area (Å²) in [5.74, 6) is 1.95. The van der Waals surface area contributed by atoms with Crippen molar-refractivity contribution in [2.24, 2.45) is 5.92 Å². The minimum atomic E-state index is 0.434. The third-order valence-electron chi connectivity index (χ3n) is 7.60. The molecule has 186 valence electrons. The van der Waals surface area contributed by atoms with Crippen LogP contribution in [0.25, 0.3) is 11.0 Å². The van der Waals surface area contributed by atoms with E-state index in [4.69, 9.17) is 9.97 Å². The number of para-hydroxylation sites is 2. The molecule has 3 aromatic heterocycles. The van der Waals surface area contributed by atoms with Crippen molar-refractivity contribution in [3.05, 3.63) is 125 Å². The highest BCUT2D eigenvalue weighted by molar-refractivity contribution is 5.74. The number of pyridine rings is 2. The lowest BCUT2D eigenvalue weighted by molar-refractivity contribution is 0.361. The lowest BCUT2D eigenvalue weighted by atomic mass is 9.74. The number of rotatable bonds is 9. The van der Waals surface area contributed by atoms with Crippen LogP contribution >= 0.6 is 0 Å². The minimum Gasteiger partial charge on any atom is -0.342 e. The molecule has 37 heavy (non-hydrogen) atoms. The molecule has 5 aromatic rings. The Hall–Kier alpha value is -3.83. The van der Waals surface area contributed by atoms with Crippen molar-refractivity contribution in [3.63, 3.8) is 0 Å². The van der Waals surface area contributed by atoms with Crippen molar-refractivity contribution in [2.75, 3.05) is 0 Å². The zero-order valence-corrected chi connectivity index (χ0v) is 21.1. The number of imidazole rings is 1. The molecular formula is C32H33N5. The van der Waals surface area contributed by atoms with Gasteiger partial charge in [0.2, 0.25) is 0 Å². The largest absolute Gasteiger partial charge is 0.342 e. The molecule has 6 rings (SSSR count). The van der Waals surface area contributed by atoms with Crippen LogP contribution in [0.2, 0.25) is 0 Å².